The Balaban J connectivity index is 1.80. The second kappa shape index (κ2) is 6.01. The van der Waals surface area contributed by atoms with Crippen molar-refractivity contribution in [3.8, 4) is 0 Å². The molecule has 1 heterocycles. The highest BCUT2D eigenvalue weighted by Crippen LogP contribution is 2.62. The summed E-state index contributed by atoms with van der Waals surface area (Å²) in [4.78, 5) is 11.7. The van der Waals surface area contributed by atoms with E-state index in [-0.39, 0.29) is 17.3 Å². The van der Waals surface area contributed by atoms with Gasteiger partial charge in [0.25, 0.3) is 0 Å². The summed E-state index contributed by atoms with van der Waals surface area (Å²) in [5.74, 6) is 0.950. The minimum Gasteiger partial charge on any atom is -0.426 e. The first-order chi connectivity index (χ1) is 11.2. The number of ether oxygens (including phenoxy) is 1. The number of hydrogen-bond acceptors (Lipinski definition) is 3. The molecule has 6 atom stereocenters. The maximum atomic E-state index is 11.7. The SMILES string of the molecule is CC(C)[C@H](C)/C=C/[C@@H](C)[C@H]1CC[C@H]2C3=CC(=O)O[C@@]3(O)CC[C@]12C. The smallest absolute Gasteiger partial charge is 0.333 e. The first kappa shape index (κ1) is 17.7. The molecule has 3 heteroatoms. The van der Waals surface area contributed by atoms with Crippen molar-refractivity contribution in [2.45, 2.75) is 66.1 Å². The number of esters is 1. The molecule has 0 unspecified atom stereocenters. The van der Waals surface area contributed by atoms with Crippen molar-refractivity contribution in [1.29, 1.82) is 0 Å². The number of carbonyl (C=O) groups is 1. The molecule has 24 heavy (non-hydrogen) atoms. The largest absolute Gasteiger partial charge is 0.426 e. The maximum Gasteiger partial charge on any atom is 0.333 e. The van der Waals surface area contributed by atoms with E-state index in [1.54, 1.807) is 6.08 Å². The molecule has 0 aromatic rings. The predicted octanol–water partition coefficient (Wildman–Crippen LogP) is 4.47. The van der Waals surface area contributed by atoms with Gasteiger partial charge in [-0.15, -0.1) is 0 Å². The summed E-state index contributed by atoms with van der Waals surface area (Å²) < 4.78 is 5.22. The lowest BCUT2D eigenvalue weighted by Gasteiger charge is -2.47. The van der Waals surface area contributed by atoms with Crippen LogP contribution in [0.5, 0.6) is 0 Å². The topological polar surface area (TPSA) is 46.5 Å². The van der Waals surface area contributed by atoms with E-state index < -0.39 is 5.79 Å². The molecular weight excluding hydrogens is 300 g/mol. The quantitative estimate of drug-likeness (QED) is 0.610. The van der Waals surface area contributed by atoms with Crippen LogP contribution in [-0.2, 0) is 9.53 Å². The number of allylic oxidation sites excluding steroid dienone is 2. The average molecular weight is 332 g/mol. The highest BCUT2D eigenvalue weighted by Gasteiger charge is 2.59. The van der Waals surface area contributed by atoms with Crippen LogP contribution in [0.4, 0.5) is 0 Å². The third-order valence-electron chi connectivity index (χ3n) is 7.19. The monoisotopic (exact) mass is 332 g/mol. The summed E-state index contributed by atoms with van der Waals surface area (Å²) in [6.07, 6.45) is 9.98. The molecule has 0 radical (unpaired) electrons. The lowest BCUT2D eigenvalue weighted by Crippen LogP contribution is -2.46. The van der Waals surface area contributed by atoms with E-state index in [0.717, 1.165) is 24.8 Å². The summed E-state index contributed by atoms with van der Waals surface area (Å²) in [5.41, 5.74) is 0.993. The fourth-order valence-electron chi connectivity index (χ4n) is 5.21. The second-order valence-corrected chi connectivity index (χ2v) is 8.89. The average Bonchev–Trinajstić information content (AvgIpc) is 3.00. The molecule has 3 rings (SSSR count). The lowest BCUT2D eigenvalue weighted by molar-refractivity contribution is -0.196. The normalized spacial score (nSPS) is 41.1. The van der Waals surface area contributed by atoms with Crippen molar-refractivity contribution in [3.05, 3.63) is 23.8 Å². The third-order valence-corrected chi connectivity index (χ3v) is 7.19. The van der Waals surface area contributed by atoms with Gasteiger partial charge in [-0.1, -0.05) is 46.8 Å². The van der Waals surface area contributed by atoms with Gasteiger partial charge in [0, 0.05) is 18.1 Å². The Morgan fingerprint density at radius 2 is 1.92 bits per heavy atom. The number of rotatable bonds is 4. The standard InChI is InChI=1S/C21H32O3/c1-13(2)14(3)6-7-15(4)16-8-9-17-18-12-19(22)24-21(18,23)11-10-20(16,17)5/h6-7,12-17,23H,8-11H2,1-5H3/b7-6+/t14-,15-,16-,17+,20-,21+/m1/s1. The zero-order valence-electron chi connectivity index (χ0n) is 15.7. The molecule has 0 aromatic carbocycles. The summed E-state index contributed by atoms with van der Waals surface area (Å²) in [6.45, 7) is 11.5. The van der Waals surface area contributed by atoms with Crippen LogP contribution in [-0.4, -0.2) is 16.9 Å². The van der Waals surface area contributed by atoms with Gasteiger partial charge in [-0.25, -0.2) is 4.79 Å². The Bertz CT molecular complexity index is 576. The van der Waals surface area contributed by atoms with Crippen molar-refractivity contribution in [3.63, 3.8) is 0 Å². The van der Waals surface area contributed by atoms with Crippen molar-refractivity contribution < 1.29 is 14.6 Å². The van der Waals surface area contributed by atoms with E-state index in [0.29, 0.717) is 30.1 Å². The Kier molecular flexibility index (Phi) is 4.44. The zero-order chi connectivity index (χ0) is 17.7. The van der Waals surface area contributed by atoms with Gasteiger partial charge in [-0.2, -0.15) is 0 Å². The van der Waals surface area contributed by atoms with Gasteiger partial charge in [-0.3, -0.25) is 0 Å². The summed E-state index contributed by atoms with van der Waals surface area (Å²) in [5, 5.41) is 10.7. The third kappa shape index (κ3) is 2.75. The molecule has 3 aliphatic rings. The molecule has 0 bridgehead atoms. The molecule has 2 aliphatic carbocycles. The Labute approximate surface area is 146 Å². The van der Waals surface area contributed by atoms with Crippen molar-refractivity contribution in [2.75, 3.05) is 0 Å². The van der Waals surface area contributed by atoms with Gasteiger partial charge in [-0.05, 0) is 54.3 Å². The minimum atomic E-state index is -1.32. The molecule has 2 fully saturated rings. The first-order valence-electron chi connectivity index (χ1n) is 9.53. The first-order valence-corrected chi connectivity index (χ1v) is 9.53. The molecule has 0 saturated heterocycles. The minimum absolute atomic E-state index is 0.150. The number of carbonyl (C=O) groups excluding carboxylic acids is 1. The van der Waals surface area contributed by atoms with Gasteiger partial charge < -0.3 is 9.84 Å². The predicted molar refractivity (Wildman–Crippen MR) is 95.0 cm³/mol. The molecular formula is C21H32O3. The molecule has 0 spiro atoms. The van der Waals surface area contributed by atoms with E-state index in [2.05, 4.69) is 46.8 Å². The highest BCUT2D eigenvalue weighted by atomic mass is 16.7. The van der Waals surface area contributed by atoms with Crippen molar-refractivity contribution in [1.82, 2.24) is 0 Å². The van der Waals surface area contributed by atoms with E-state index in [4.69, 9.17) is 4.74 Å². The van der Waals surface area contributed by atoms with Crippen LogP contribution >= 0.6 is 0 Å². The van der Waals surface area contributed by atoms with Crippen LogP contribution in [0.1, 0.15) is 60.3 Å². The van der Waals surface area contributed by atoms with E-state index >= 15 is 0 Å². The summed E-state index contributed by atoms with van der Waals surface area (Å²) >= 11 is 0. The van der Waals surface area contributed by atoms with Crippen LogP contribution in [0.15, 0.2) is 23.8 Å². The zero-order valence-corrected chi connectivity index (χ0v) is 15.7. The molecule has 1 N–H and O–H groups in total. The van der Waals surface area contributed by atoms with E-state index in [1.807, 2.05) is 0 Å². The van der Waals surface area contributed by atoms with Crippen LogP contribution in [0.3, 0.4) is 0 Å². The molecule has 3 nitrogen and oxygen atoms in total. The van der Waals surface area contributed by atoms with Crippen LogP contribution in [0, 0.1) is 35.0 Å². The molecule has 2 saturated carbocycles. The highest BCUT2D eigenvalue weighted by molar-refractivity contribution is 5.86. The number of hydrogen-bond donors (Lipinski definition) is 1. The van der Waals surface area contributed by atoms with Gasteiger partial charge in [0.05, 0.1) is 0 Å². The fraction of sp³-hybridized carbons (Fsp3) is 0.762. The molecule has 1 aliphatic heterocycles. The molecule has 134 valence electrons. The number of fused-ring (bicyclic) bond motifs is 3. The van der Waals surface area contributed by atoms with Crippen LogP contribution in [0.25, 0.3) is 0 Å². The van der Waals surface area contributed by atoms with E-state index in [9.17, 15) is 9.90 Å². The van der Waals surface area contributed by atoms with Crippen molar-refractivity contribution >= 4 is 5.97 Å². The van der Waals surface area contributed by atoms with Crippen LogP contribution < -0.4 is 0 Å². The van der Waals surface area contributed by atoms with Crippen molar-refractivity contribution in [2.24, 2.45) is 35.0 Å². The maximum absolute atomic E-state index is 11.7. The molecule has 0 amide bonds. The van der Waals surface area contributed by atoms with Gasteiger partial charge in [0.2, 0.25) is 5.79 Å². The van der Waals surface area contributed by atoms with E-state index in [1.165, 1.54) is 0 Å². The second-order valence-electron chi connectivity index (χ2n) is 8.89. The lowest BCUT2D eigenvalue weighted by atomic mass is 9.60. The Hall–Kier alpha value is -1.09. The number of aliphatic hydroxyl groups is 1. The van der Waals surface area contributed by atoms with Gasteiger partial charge >= 0.3 is 5.97 Å². The van der Waals surface area contributed by atoms with Crippen LogP contribution in [0.2, 0.25) is 0 Å². The Morgan fingerprint density at radius 1 is 1.21 bits per heavy atom. The fourth-order valence-corrected chi connectivity index (χ4v) is 5.21. The van der Waals surface area contributed by atoms with Gasteiger partial charge in [0.15, 0.2) is 0 Å². The van der Waals surface area contributed by atoms with Gasteiger partial charge in [0.1, 0.15) is 0 Å². The summed E-state index contributed by atoms with van der Waals surface area (Å²) in [7, 11) is 0. The Morgan fingerprint density at radius 3 is 2.58 bits per heavy atom. The molecule has 0 aromatic heterocycles. The summed E-state index contributed by atoms with van der Waals surface area (Å²) in [6, 6.07) is 0.